The fourth-order valence-corrected chi connectivity index (χ4v) is 7.99. The first-order chi connectivity index (χ1) is 16.8. The molecule has 4 bridgehead atoms. The van der Waals surface area contributed by atoms with E-state index in [1.54, 1.807) is 0 Å². The van der Waals surface area contributed by atoms with Crippen LogP contribution in [0.5, 0.6) is 0 Å². The number of benzene rings is 1. The number of carbonyl (C=O) groups is 1. The highest BCUT2D eigenvalue weighted by Crippen LogP contribution is 2.59. The van der Waals surface area contributed by atoms with E-state index in [0.29, 0.717) is 18.7 Å². The van der Waals surface area contributed by atoms with Crippen molar-refractivity contribution in [3.8, 4) is 11.3 Å². The molecule has 0 atom stereocenters. The number of nitrogens with one attached hydrogen (secondary N) is 1. The molecule has 1 amide bonds. The van der Waals surface area contributed by atoms with Crippen LogP contribution in [0.3, 0.4) is 0 Å². The third-order valence-electron chi connectivity index (χ3n) is 8.91. The van der Waals surface area contributed by atoms with Gasteiger partial charge in [-0.25, -0.2) is 9.50 Å². The van der Waals surface area contributed by atoms with Gasteiger partial charge in [-0.15, -0.1) is 0 Å². The lowest BCUT2D eigenvalue weighted by atomic mass is 9.49. The van der Waals surface area contributed by atoms with Crippen molar-refractivity contribution in [2.75, 3.05) is 6.54 Å². The van der Waals surface area contributed by atoms with E-state index in [1.165, 1.54) is 25.3 Å². The van der Waals surface area contributed by atoms with Crippen LogP contribution >= 0.6 is 0 Å². The predicted molar refractivity (Wildman–Crippen MR) is 124 cm³/mol. The summed E-state index contributed by atoms with van der Waals surface area (Å²) in [5, 5.41) is 7.17. The average molecular weight is 481 g/mol. The van der Waals surface area contributed by atoms with Gasteiger partial charge in [0.2, 0.25) is 0 Å². The molecule has 0 radical (unpaired) electrons. The molecule has 3 aromatic rings. The fraction of sp³-hybridized carbons (Fsp3) is 0.519. The quantitative estimate of drug-likeness (QED) is 0.542. The first kappa shape index (κ1) is 21.4. The van der Waals surface area contributed by atoms with Gasteiger partial charge < -0.3 is 5.32 Å². The van der Waals surface area contributed by atoms with Gasteiger partial charge >= 0.3 is 6.18 Å². The van der Waals surface area contributed by atoms with Crippen molar-refractivity contribution in [3.05, 3.63) is 52.8 Å². The molecule has 35 heavy (non-hydrogen) atoms. The average Bonchev–Trinajstić information content (AvgIpc) is 3.23. The van der Waals surface area contributed by atoms with Crippen molar-refractivity contribution in [1.82, 2.24) is 19.9 Å². The molecular weight excluding hydrogens is 453 g/mol. The van der Waals surface area contributed by atoms with E-state index in [-0.39, 0.29) is 28.7 Å². The number of carbonyl (C=O) groups excluding carboxylic acids is 1. The molecule has 0 unspecified atom stereocenters. The minimum Gasteiger partial charge on any atom is -0.350 e. The Bertz CT molecular complexity index is 1320. The highest BCUT2D eigenvalue weighted by molar-refractivity contribution is 5.93. The highest BCUT2D eigenvalue weighted by Gasteiger charge is 2.51. The number of fused-ring (bicyclic) bond motifs is 4. The van der Waals surface area contributed by atoms with Crippen LogP contribution in [0.2, 0.25) is 0 Å². The normalized spacial score (nSPS) is 28.7. The largest absolute Gasteiger partial charge is 0.433 e. The summed E-state index contributed by atoms with van der Waals surface area (Å²) in [6, 6.07) is 8.83. The van der Waals surface area contributed by atoms with E-state index in [0.717, 1.165) is 52.7 Å². The molecule has 5 nitrogen and oxygen atoms in total. The molecule has 4 saturated carbocycles. The second-order valence-electron chi connectivity index (χ2n) is 11.3. The molecule has 8 rings (SSSR count). The van der Waals surface area contributed by atoms with Crippen LogP contribution in [0, 0.1) is 23.2 Å². The Kier molecular flexibility index (Phi) is 4.46. The Balaban J connectivity index is 1.23. The number of alkyl halides is 3. The van der Waals surface area contributed by atoms with E-state index in [1.807, 2.05) is 24.3 Å². The summed E-state index contributed by atoms with van der Waals surface area (Å²) in [4.78, 5) is 17.7. The zero-order valence-electron chi connectivity index (χ0n) is 19.4. The molecule has 4 fully saturated rings. The summed E-state index contributed by atoms with van der Waals surface area (Å²) in [5.74, 6) is 1.88. The summed E-state index contributed by atoms with van der Waals surface area (Å²) >= 11 is 0. The van der Waals surface area contributed by atoms with Crippen LogP contribution in [0.15, 0.2) is 30.3 Å². The highest BCUT2D eigenvalue weighted by atomic mass is 19.4. The van der Waals surface area contributed by atoms with Crippen molar-refractivity contribution < 1.29 is 18.0 Å². The third kappa shape index (κ3) is 3.39. The van der Waals surface area contributed by atoms with Crippen molar-refractivity contribution >= 4 is 11.6 Å². The maximum atomic E-state index is 14.3. The maximum Gasteiger partial charge on any atom is 0.433 e. The molecule has 1 N–H and O–H groups in total. The minimum atomic E-state index is -4.61. The van der Waals surface area contributed by atoms with E-state index in [2.05, 4.69) is 15.4 Å². The SMILES string of the molecule is O=C(NCC12CC3CC(CC(C3)C1)C2)c1cc2nc3c(c(C(F)(F)F)n2n1)CCc1ccccc1-3. The molecule has 8 heteroatoms. The van der Waals surface area contributed by atoms with Crippen LogP contribution in [0.1, 0.15) is 65.8 Å². The van der Waals surface area contributed by atoms with Gasteiger partial charge in [-0.2, -0.15) is 18.3 Å². The van der Waals surface area contributed by atoms with Crippen LogP contribution in [-0.4, -0.2) is 27.0 Å². The van der Waals surface area contributed by atoms with E-state index < -0.39 is 17.8 Å². The van der Waals surface area contributed by atoms with Crippen molar-refractivity contribution in [2.45, 2.75) is 57.5 Å². The predicted octanol–water partition coefficient (Wildman–Crippen LogP) is 5.46. The number of hydrogen-bond donors (Lipinski definition) is 1. The molecule has 182 valence electrons. The Labute approximate surface area is 201 Å². The first-order valence-corrected chi connectivity index (χ1v) is 12.6. The molecule has 2 heterocycles. The summed E-state index contributed by atoms with van der Waals surface area (Å²) in [6.45, 7) is 0.576. The zero-order chi connectivity index (χ0) is 23.9. The van der Waals surface area contributed by atoms with E-state index >= 15 is 0 Å². The molecule has 1 aromatic carbocycles. The second-order valence-corrected chi connectivity index (χ2v) is 11.3. The number of halogens is 3. The summed E-state index contributed by atoms with van der Waals surface area (Å²) < 4.78 is 43.6. The molecule has 2 aromatic heterocycles. The Morgan fingerprint density at radius 3 is 2.43 bits per heavy atom. The maximum absolute atomic E-state index is 14.3. The number of rotatable bonds is 3. The van der Waals surface area contributed by atoms with Gasteiger partial charge in [0, 0.05) is 23.7 Å². The van der Waals surface area contributed by atoms with Crippen LogP contribution < -0.4 is 5.32 Å². The van der Waals surface area contributed by atoms with E-state index in [9.17, 15) is 18.0 Å². The van der Waals surface area contributed by atoms with Crippen molar-refractivity contribution in [1.29, 1.82) is 0 Å². The number of amides is 1. The zero-order valence-corrected chi connectivity index (χ0v) is 19.4. The standard InChI is InChI=1S/C27H27F3N4O/c28-27(29,30)24-20-6-5-18-3-1-2-4-19(18)23(20)32-22-10-21(33-34(22)24)25(35)31-14-26-11-15-7-16(12-26)9-17(8-15)13-26/h1-4,10,15-17H,5-9,11-14H2,(H,31,35). The molecule has 0 aliphatic heterocycles. The monoisotopic (exact) mass is 480 g/mol. The van der Waals surface area contributed by atoms with Crippen LogP contribution in [0.25, 0.3) is 16.9 Å². The van der Waals surface area contributed by atoms with Crippen LogP contribution in [0.4, 0.5) is 13.2 Å². The van der Waals surface area contributed by atoms with Gasteiger partial charge in [0.25, 0.3) is 5.91 Å². The Hall–Kier alpha value is -2.90. The molecule has 0 saturated heterocycles. The van der Waals surface area contributed by atoms with E-state index in [4.69, 9.17) is 0 Å². The smallest absolute Gasteiger partial charge is 0.350 e. The summed E-state index contributed by atoms with van der Waals surface area (Å²) in [7, 11) is 0. The molecule has 5 aliphatic rings. The topological polar surface area (TPSA) is 59.3 Å². The van der Waals surface area contributed by atoms with Crippen molar-refractivity contribution in [2.24, 2.45) is 23.2 Å². The number of aryl methyl sites for hydroxylation is 1. The number of aromatic nitrogens is 3. The van der Waals surface area contributed by atoms with Gasteiger partial charge in [-0.3, -0.25) is 4.79 Å². The van der Waals surface area contributed by atoms with Crippen molar-refractivity contribution in [3.63, 3.8) is 0 Å². The third-order valence-corrected chi connectivity index (χ3v) is 8.91. The lowest BCUT2D eigenvalue weighted by Gasteiger charge is -2.56. The molecule has 5 aliphatic carbocycles. The fourth-order valence-electron chi connectivity index (χ4n) is 7.99. The number of hydrogen-bond acceptors (Lipinski definition) is 3. The van der Waals surface area contributed by atoms with Gasteiger partial charge in [-0.05, 0) is 80.1 Å². The molecular formula is C27H27F3N4O. The first-order valence-electron chi connectivity index (χ1n) is 12.6. The Morgan fingerprint density at radius 1 is 1.06 bits per heavy atom. The van der Waals surface area contributed by atoms with Gasteiger partial charge in [0.1, 0.15) is 0 Å². The Morgan fingerprint density at radius 2 is 1.74 bits per heavy atom. The molecule has 0 spiro atoms. The van der Waals surface area contributed by atoms with Gasteiger partial charge in [0.15, 0.2) is 17.0 Å². The lowest BCUT2D eigenvalue weighted by Crippen LogP contribution is -2.51. The minimum absolute atomic E-state index is 0.0108. The van der Waals surface area contributed by atoms with Gasteiger partial charge in [-0.1, -0.05) is 24.3 Å². The number of nitrogens with zero attached hydrogens (tertiary/aromatic N) is 3. The lowest BCUT2D eigenvalue weighted by molar-refractivity contribution is -0.143. The van der Waals surface area contributed by atoms with Gasteiger partial charge in [0.05, 0.1) is 5.69 Å². The van der Waals surface area contributed by atoms with Crippen LogP contribution in [-0.2, 0) is 19.0 Å². The summed E-state index contributed by atoms with van der Waals surface area (Å²) in [5.41, 5.74) is 1.54. The second kappa shape index (κ2) is 7.31. The summed E-state index contributed by atoms with van der Waals surface area (Å²) in [6.07, 6.45) is 3.54.